The molecule has 0 radical (unpaired) electrons. The Bertz CT molecular complexity index is 983. The number of nitrogens with zero attached hydrogens (tertiary/aromatic N) is 1. The molecule has 0 spiro atoms. The molecule has 1 amide bonds. The molecule has 2 rings (SSSR count). The standard InChI is InChI=1S/C23H21BrN2O3/c1-4-11-29-22-14-20(24)17(13-21(22)28-6-3)12-18(15-25)23(27)26-19-9-7-16(5-2)8-10-19/h1,7-10,12-14H,5-6,11H2,2-3H3,(H,26,27)/b18-12+. The average molecular weight is 453 g/mol. The number of ether oxygens (including phenoxy) is 2. The summed E-state index contributed by atoms with van der Waals surface area (Å²) in [5.74, 6) is 2.87. The number of carbonyl (C=O) groups excluding carboxylic acids is 1. The van der Waals surface area contributed by atoms with Crippen LogP contribution in [-0.4, -0.2) is 19.1 Å². The molecule has 0 aliphatic carbocycles. The highest BCUT2D eigenvalue weighted by atomic mass is 79.9. The van der Waals surface area contributed by atoms with Gasteiger partial charge >= 0.3 is 0 Å². The van der Waals surface area contributed by atoms with E-state index in [2.05, 4.69) is 34.1 Å². The molecule has 0 atom stereocenters. The third-order valence-corrected chi connectivity index (χ3v) is 4.65. The Morgan fingerprint density at radius 3 is 2.48 bits per heavy atom. The van der Waals surface area contributed by atoms with Gasteiger partial charge < -0.3 is 14.8 Å². The third kappa shape index (κ3) is 6.14. The third-order valence-electron chi connectivity index (χ3n) is 3.96. The van der Waals surface area contributed by atoms with Gasteiger partial charge in [-0.1, -0.05) is 40.9 Å². The van der Waals surface area contributed by atoms with E-state index in [1.807, 2.05) is 37.3 Å². The van der Waals surface area contributed by atoms with Gasteiger partial charge in [0.15, 0.2) is 11.5 Å². The molecular weight excluding hydrogens is 432 g/mol. The minimum absolute atomic E-state index is 0.0370. The zero-order valence-electron chi connectivity index (χ0n) is 16.3. The van der Waals surface area contributed by atoms with Crippen molar-refractivity contribution in [3.8, 4) is 29.9 Å². The molecule has 6 heteroatoms. The van der Waals surface area contributed by atoms with Gasteiger partial charge in [-0.15, -0.1) is 6.42 Å². The largest absolute Gasteiger partial charge is 0.490 e. The van der Waals surface area contributed by atoms with Gasteiger partial charge in [-0.05, 0) is 54.8 Å². The maximum Gasteiger partial charge on any atom is 0.266 e. The van der Waals surface area contributed by atoms with E-state index in [1.165, 1.54) is 11.6 Å². The summed E-state index contributed by atoms with van der Waals surface area (Å²) in [6.45, 7) is 4.43. The molecule has 5 nitrogen and oxygen atoms in total. The smallest absolute Gasteiger partial charge is 0.266 e. The lowest BCUT2D eigenvalue weighted by Crippen LogP contribution is -2.13. The predicted octanol–water partition coefficient (Wildman–Crippen LogP) is 4.97. The summed E-state index contributed by atoms with van der Waals surface area (Å²) in [6, 6.07) is 12.8. The van der Waals surface area contributed by atoms with Crippen molar-refractivity contribution >= 4 is 33.6 Å². The van der Waals surface area contributed by atoms with Gasteiger partial charge in [-0.3, -0.25) is 4.79 Å². The molecule has 0 aliphatic heterocycles. The number of hydrogen-bond donors (Lipinski definition) is 1. The Balaban J connectivity index is 2.30. The number of carbonyl (C=O) groups is 1. The molecule has 2 aromatic rings. The SMILES string of the molecule is C#CCOc1cc(Br)c(/C=C(\C#N)C(=O)Nc2ccc(CC)cc2)cc1OCC. The van der Waals surface area contributed by atoms with Crippen molar-refractivity contribution in [1.82, 2.24) is 0 Å². The number of anilines is 1. The molecular formula is C23H21BrN2O3. The number of hydrogen-bond acceptors (Lipinski definition) is 4. The van der Waals surface area contributed by atoms with Crippen LogP contribution in [0.2, 0.25) is 0 Å². The van der Waals surface area contributed by atoms with E-state index >= 15 is 0 Å². The lowest BCUT2D eigenvalue weighted by molar-refractivity contribution is -0.112. The molecule has 29 heavy (non-hydrogen) atoms. The van der Waals surface area contributed by atoms with E-state index in [0.29, 0.717) is 33.8 Å². The van der Waals surface area contributed by atoms with Crippen molar-refractivity contribution in [2.75, 3.05) is 18.5 Å². The molecule has 0 aromatic heterocycles. The second kappa shape index (κ2) is 10.9. The predicted molar refractivity (Wildman–Crippen MR) is 118 cm³/mol. The van der Waals surface area contributed by atoms with Gasteiger partial charge in [-0.2, -0.15) is 5.26 Å². The number of rotatable bonds is 8. The van der Waals surface area contributed by atoms with E-state index in [9.17, 15) is 10.1 Å². The van der Waals surface area contributed by atoms with Gasteiger partial charge in [0.05, 0.1) is 6.61 Å². The number of terminal acetylenes is 1. The second-order valence-corrected chi connectivity index (χ2v) is 6.78. The maximum absolute atomic E-state index is 12.5. The van der Waals surface area contributed by atoms with Gasteiger partial charge in [0.2, 0.25) is 0 Å². The van der Waals surface area contributed by atoms with Crippen molar-refractivity contribution in [2.45, 2.75) is 20.3 Å². The van der Waals surface area contributed by atoms with Crippen LogP contribution in [0, 0.1) is 23.7 Å². The number of halogens is 1. The zero-order chi connectivity index (χ0) is 21.2. The Kier molecular flexibility index (Phi) is 8.33. The van der Waals surface area contributed by atoms with Gasteiger partial charge in [-0.25, -0.2) is 0 Å². The molecule has 2 aromatic carbocycles. The fourth-order valence-electron chi connectivity index (χ4n) is 2.49. The average Bonchev–Trinajstić information content (AvgIpc) is 2.73. The number of nitriles is 1. The number of benzene rings is 2. The van der Waals surface area contributed by atoms with Crippen molar-refractivity contribution < 1.29 is 14.3 Å². The van der Waals surface area contributed by atoms with Crippen LogP contribution < -0.4 is 14.8 Å². The Hall–Kier alpha value is -3.22. The number of nitrogens with one attached hydrogen (secondary N) is 1. The monoisotopic (exact) mass is 452 g/mol. The summed E-state index contributed by atoms with van der Waals surface area (Å²) in [6.07, 6.45) is 7.65. The molecule has 0 saturated carbocycles. The maximum atomic E-state index is 12.5. The van der Waals surface area contributed by atoms with E-state index in [1.54, 1.807) is 12.1 Å². The van der Waals surface area contributed by atoms with Crippen molar-refractivity contribution in [2.24, 2.45) is 0 Å². The van der Waals surface area contributed by atoms with E-state index in [0.717, 1.165) is 6.42 Å². The fourth-order valence-corrected chi connectivity index (χ4v) is 2.93. The molecule has 0 saturated heterocycles. The van der Waals surface area contributed by atoms with Crippen LogP contribution in [0.3, 0.4) is 0 Å². The fraction of sp³-hybridized carbons (Fsp3) is 0.217. The zero-order valence-corrected chi connectivity index (χ0v) is 17.9. The lowest BCUT2D eigenvalue weighted by Gasteiger charge is -2.13. The minimum Gasteiger partial charge on any atom is -0.490 e. The van der Waals surface area contributed by atoms with E-state index in [-0.39, 0.29) is 12.2 Å². The van der Waals surface area contributed by atoms with Crippen LogP contribution >= 0.6 is 15.9 Å². The van der Waals surface area contributed by atoms with Gasteiger partial charge in [0.25, 0.3) is 5.91 Å². The normalized spacial score (nSPS) is 10.6. The quantitative estimate of drug-likeness (QED) is 0.348. The van der Waals surface area contributed by atoms with Gasteiger partial charge in [0, 0.05) is 10.2 Å². The molecule has 0 unspecified atom stereocenters. The van der Waals surface area contributed by atoms with Crippen molar-refractivity contribution in [3.05, 3.63) is 57.6 Å². The lowest BCUT2D eigenvalue weighted by atomic mass is 10.1. The molecule has 148 valence electrons. The first-order valence-electron chi connectivity index (χ1n) is 9.07. The molecule has 0 heterocycles. The highest BCUT2D eigenvalue weighted by Gasteiger charge is 2.14. The Labute approximate surface area is 179 Å². The summed E-state index contributed by atoms with van der Waals surface area (Å²) in [5.41, 5.74) is 2.36. The Morgan fingerprint density at radius 2 is 1.90 bits per heavy atom. The summed E-state index contributed by atoms with van der Waals surface area (Å²) < 4.78 is 11.7. The van der Waals surface area contributed by atoms with Crippen LogP contribution in [0.25, 0.3) is 6.08 Å². The molecule has 1 N–H and O–H groups in total. The first-order chi connectivity index (χ1) is 14.0. The van der Waals surface area contributed by atoms with Crippen LogP contribution in [-0.2, 0) is 11.2 Å². The summed E-state index contributed by atoms with van der Waals surface area (Å²) in [4.78, 5) is 12.5. The van der Waals surface area contributed by atoms with Crippen LogP contribution in [0.5, 0.6) is 11.5 Å². The topological polar surface area (TPSA) is 71.3 Å². The summed E-state index contributed by atoms with van der Waals surface area (Å²) in [5, 5.41) is 12.2. The van der Waals surface area contributed by atoms with Crippen molar-refractivity contribution in [1.29, 1.82) is 5.26 Å². The van der Waals surface area contributed by atoms with Crippen LogP contribution in [0.15, 0.2) is 46.4 Å². The highest BCUT2D eigenvalue weighted by Crippen LogP contribution is 2.35. The van der Waals surface area contributed by atoms with E-state index < -0.39 is 5.91 Å². The first kappa shape index (κ1) is 22.1. The molecule has 0 bridgehead atoms. The highest BCUT2D eigenvalue weighted by molar-refractivity contribution is 9.10. The van der Waals surface area contributed by atoms with Gasteiger partial charge in [0.1, 0.15) is 18.2 Å². The number of aryl methyl sites for hydroxylation is 1. The van der Waals surface area contributed by atoms with Crippen LogP contribution in [0.4, 0.5) is 5.69 Å². The molecule has 0 fully saturated rings. The second-order valence-electron chi connectivity index (χ2n) is 5.92. The minimum atomic E-state index is -0.491. The Morgan fingerprint density at radius 1 is 1.21 bits per heavy atom. The summed E-state index contributed by atoms with van der Waals surface area (Å²) in [7, 11) is 0. The molecule has 0 aliphatic rings. The van der Waals surface area contributed by atoms with E-state index in [4.69, 9.17) is 15.9 Å². The van der Waals surface area contributed by atoms with Crippen LogP contribution in [0.1, 0.15) is 25.0 Å². The first-order valence-corrected chi connectivity index (χ1v) is 9.86. The van der Waals surface area contributed by atoms with Crippen molar-refractivity contribution in [3.63, 3.8) is 0 Å². The summed E-state index contributed by atoms with van der Waals surface area (Å²) >= 11 is 3.44. The number of amides is 1.